The Hall–Kier alpha value is -2.68. The molecule has 0 unspecified atom stereocenters. The zero-order chi connectivity index (χ0) is 16.9. The summed E-state index contributed by atoms with van der Waals surface area (Å²) in [5.74, 6) is 1.63. The fraction of sp³-hybridized carbons (Fsp3) is 0.238. The smallest absolute Gasteiger partial charge is 0.129 e. The molecule has 0 radical (unpaired) electrons. The number of rotatable bonds is 6. The number of nitrogen functional groups attached to an aromatic ring is 1. The van der Waals surface area contributed by atoms with Crippen LogP contribution in [0.25, 0.3) is 21.9 Å². The van der Waals surface area contributed by atoms with Gasteiger partial charge in [0, 0.05) is 22.7 Å². The van der Waals surface area contributed by atoms with Gasteiger partial charge in [-0.15, -0.1) is 0 Å². The standard InChI is InChI=1S/C21H23NO2/c1-3-4-12-24-20-14-19(22)21(15-8-6-5-7-9-15)17-11-10-16(23-2)13-18(17)20/h5-11,13-14H,3-4,12,22H2,1-2H3. The van der Waals surface area contributed by atoms with Crippen LogP contribution in [0.4, 0.5) is 5.69 Å². The number of nitrogens with two attached hydrogens (primary N) is 1. The summed E-state index contributed by atoms with van der Waals surface area (Å²) in [6.07, 6.45) is 2.12. The molecular weight excluding hydrogens is 298 g/mol. The number of ether oxygens (including phenoxy) is 2. The third-order valence-electron chi connectivity index (χ3n) is 4.15. The Morgan fingerprint density at radius 3 is 2.46 bits per heavy atom. The van der Waals surface area contributed by atoms with E-state index in [-0.39, 0.29) is 0 Å². The normalized spacial score (nSPS) is 10.8. The van der Waals surface area contributed by atoms with Gasteiger partial charge >= 0.3 is 0 Å². The van der Waals surface area contributed by atoms with Gasteiger partial charge in [0.2, 0.25) is 0 Å². The second-order valence-corrected chi connectivity index (χ2v) is 5.82. The van der Waals surface area contributed by atoms with Gasteiger partial charge in [0.15, 0.2) is 0 Å². The highest BCUT2D eigenvalue weighted by Crippen LogP contribution is 2.40. The van der Waals surface area contributed by atoms with Crippen LogP contribution in [0, 0.1) is 0 Å². The summed E-state index contributed by atoms with van der Waals surface area (Å²) in [6, 6.07) is 18.2. The number of methoxy groups -OCH3 is 1. The van der Waals surface area contributed by atoms with Crippen molar-refractivity contribution in [2.24, 2.45) is 0 Å². The van der Waals surface area contributed by atoms with Crippen LogP contribution in [-0.4, -0.2) is 13.7 Å². The molecule has 124 valence electrons. The van der Waals surface area contributed by atoms with E-state index in [0.29, 0.717) is 6.61 Å². The van der Waals surface area contributed by atoms with Crippen LogP contribution in [0.5, 0.6) is 11.5 Å². The SMILES string of the molecule is CCCCOc1cc(N)c(-c2ccccc2)c2ccc(OC)cc12. The molecule has 0 atom stereocenters. The highest BCUT2D eigenvalue weighted by atomic mass is 16.5. The van der Waals surface area contributed by atoms with Gasteiger partial charge in [-0.1, -0.05) is 43.7 Å². The number of anilines is 1. The minimum absolute atomic E-state index is 0.687. The molecule has 0 aliphatic carbocycles. The minimum Gasteiger partial charge on any atom is -0.497 e. The van der Waals surface area contributed by atoms with Crippen molar-refractivity contribution in [1.29, 1.82) is 0 Å². The highest BCUT2D eigenvalue weighted by Gasteiger charge is 2.14. The second-order valence-electron chi connectivity index (χ2n) is 5.82. The van der Waals surface area contributed by atoms with E-state index in [0.717, 1.165) is 51.9 Å². The minimum atomic E-state index is 0.687. The number of fused-ring (bicyclic) bond motifs is 1. The molecule has 0 fully saturated rings. The zero-order valence-electron chi connectivity index (χ0n) is 14.2. The van der Waals surface area contributed by atoms with Crippen LogP contribution in [0.2, 0.25) is 0 Å². The molecule has 3 rings (SSSR count). The van der Waals surface area contributed by atoms with E-state index in [2.05, 4.69) is 25.1 Å². The van der Waals surface area contributed by atoms with E-state index in [9.17, 15) is 0 Å². The van der Waals surface area contributed by atoms with Gasteiger partial charge in [0.25, 0.3) is 0 Å². The van der Waals surface area contributed by atoms with Crippen LogP contribution >= 0.6 is 0 Å². The molecule has 0 saturated carbocycles. The van der Waals surface area contributed by atoms with Crippen molar-refractivity contribution in [3.63, 3.8) is 0 Å². The van der Waals surface area contributed by atoms with E-state index >= 15 is 0 Å². The lowest BCUT2D eigenvalue weighted by molar-refractivity contribution is 0.313. The van der Waals surface area contributed by atoms with E-state index in [4.69, 9.17) is 15.2 Å². The molecule has 0 bridgehead atoms. The number of benzene rings is 3. The molecule has 2 N–H and O–H groups in total. The third-order valence-corrected chi connectivity index (χ3v) is 4.15. The molecule has 0 heterocycles. The molecule has 0 aromatic heterocycles. The van der Waals surface area contributed by atoms with Crippen molar-refractivity contribution in [2.45, 2.75) is 19.8 Å². The first-order valence-corrected chi connectivity index (χ1v) is 8.33. The predicted octanol–water partition coefficient (Wildman–Crippen LogP) is 5.28. The van der Waals surface area contributed by atoms with Gasteiger partial charge in [0.05, 0.1) is 13.7 Å². The molecule has 3 nitrogen and oxygen atoms in total. The van der Waals surface area contributed by atoms with E-state index < -0.39 is 0 Å². The van der Waals surface area contributed by atoms with Crippen molar-refractivity contribution in [1.82, 2.24) is 0 Å². The monoisotopic (exact) mass is 321 g/mol. The largest absolute Gasteiger partial charge is 0.497 e. The van der Waals surface area contributed by atoms with Crippen molar-refractivity contribution >= 4 is 16.5 Å². The molecule has 3 aromatic carbocycles. The van der Waals surface area contributed by atoms with Gasteiger partial charge in [-0.3, -0.25) is 0 Å². The molecule has 0 amide bonds. The average molecular weight is 321 g/mol. The summed E-state index contributed by atoms with van der Waals surface area (Å²) >= 11 is 0. The third kappa shape index (κ3) is 3.16. The molecular formula is C21H23NO2. The van der Waals surface area contributed by atoms with Crippen molar-refractivity contribution < 1.29 is 9.47 Å². The Morgan fingerprint density at radius 2 is 1.75 bits per heavy atom. The van der Waals surface area contributed by atoms with Crippen molar-refractivity contribution in [3.8, 4) is 22.6 Å². The first-order valence-electron chi connectivity index (χ1n) is 8.33. The predicted molar refractivity (Wildman–Crippen MR) is 101 cm³/mol. The lowest BCUT2D eigenvalue weighted by Gasteiger charge is -2.16. The Morgan fingerprint density at radius 1 is 0.958 bits per heavy atom. The van der Waals surface area contributed by atoms with Crippen LogP contribution in [-0.2, 0) is 0 Å². The van der Waals surface area contributed by atoms with Crippen LogP contribution in [0.1, 0.15) is 19.8 Å². The molecule has 24 heavy (non-hydrogen) atoms. The lowest BCUT2D eigenvalue weighted by atomic mass is 9.95. The van der Waals surface area contributed by atoms with Gasteiger partial charge < -0.3 is 15.2 Å². The first-order chi connectivity index (χ1) is 11.7. The summed E-state index contributed by atoms with van der Waals surface area (Å²) in [6.45, 7) is 2.84. The quantitative estimate of drug-likeness (QED) is 0.496. The summed E-state index contributed by atoms with van der Waals surface area (Å²) in [7, 11) is 1.67. The van der Waals surface area contributed by atoms with Gasteiger partial charge in [0.1, 0.15) is 11.5 Å². The number of hydrogen-bond acceptors (Lipinski definition) is 3. The maximum absolute atomic E-state index is 6.38. The highest BCUT2D eigenvalue weighted by molar-refractivity contribution is 6.05. The van der Waals surface area contributed by atoms with Gasteiger partial charge in [-0.25, -0.2) is 0 Å². The fourth-order valence-electron chi connectivity index (χ4n) is 2.89. The number of hydrogen-bond donors (Lipinski definition) is 1. The number of unbranched alkanes of at least 4 members (excludes halogenated alkanes) is 1. The van der Waals surface area contributed by atoms with Crippen LogP contribution in [0.15, 0.2) is 54.6 Å². The molecule has 0 spiro atoms. The maximum atomic E-state index is 6.38. The average Bonchev–Trinajstić information content (AvgIpc) is 2.62. The van der Waals surface area contributed by atoms with E-state index in [1.165, 1.54) is 0 Å². The molecule has 0 aliphatic rings. The topological polar surface area (TPSA) is 44.5 Å². The Balaban J connectivity index is 2.20. The van der Waals surface area contributed by atoms with Crippen molar-refractivity contribution in [2.75, 3.05) is 19.5 Å². The lowest BCUT2D eigenvalue weighted by Crippen LogP contribution is -2.00. The summed E-state index contributed by atoms with van der Waals surface area (Å²) in [4.78, 5) is 0. The van der Waals surface area contributed by atoms with Gasteiger partial charge in [-0.2, -0.15) is 0 Å². The fourth-order valence-corrected chi connectivity index (χ4v) is 2.89. The van der Waals surface area contributed by atoms with E-state index in [1.807, 2.05) is 36.4 Å². The van der Waals surface area contributed by atoms with Gasteiger partial charge in [-0.05, 0) is 35.6 Å². The first kappa shape index (κ1) is 16.2. The molecule has 3 aromatic rings. The summed E-state index contributed by atoms with van der Waals surface area (Å²) in [5.41, 5.74) is 9.25. The zero-order valence-corrected chi connectivity index (χ0v) is 14.2. The van der Waals surface area contributed by atoms with Crippen LogP contribution in [0.3, 0.4) is 0 Å². The summed E-state index contributed by atoms with van der Waals surface area (Å²) in [5, 5.41) is 2.10. The second kappa shape index (κ2) is 7.26. The Bertz CT molecular complexity index is 828. The molecule has 0 saturated heterocycles. The van der Waals surface area contributed by atoms with E-state index in [1.54, 1.807) is 7.11 Å². The molecule has 0 aliphatic heterocycles. The molecule has 3 heteroatoms. The Kier molecular flexibility index (Phi) is 4.90. The van der Waals surface area contributed by atoms with Crippen molar-refractivity contribution in [3.05, 3.63) is 54.6 Å². The Labute approximate surface area is 143 Å². The maximum Gasteiger partial charge on any atom is 0.129 e. The summed E-state index contributed by atoms with van der Waals surface area (Å²) < 4.78 is 11.4. The van der Waals surface area contributed by atoms with Crippen LogP contribution < -0.4 is 15.2 Å².